The van der Waals surface area contributed by atoms with Crippen LogP contribution in [-0.4, -0.2) is 12.1 Å². The maximum absolute atomic E-state index is 4.67. The number of nitrogens with zero attached hydrogens (tertiary/aromatic N) is 1. The van der Waals surface area contributed by atoms with E-state index in [0.717, 1.165) is 5.56 Å². The van der Waals surface area contributed by atoms with Crippen molar-refractivity contribution in [2.24, 2.45) is 0 Å². The first kappa shape index (κ1) is 7.18. The van der Waals surface area contributed by atoms with E-state index in [1.54, 1.807) is 19.5 Å². The minimum Gasteiger partial charge on any atom is -0.305 e. The van der Waals surface area contributed by atoms with Gasteiger partial charge in [0.2, 0.25) is 0 Å². The fraction of sp³-hybridized carbons (Fsp3) is 0.286. The van der Waals surface area contributed by atoms with Gasteiger partial charge in [-0.05, 0) is 11.6 Å². The monoisotopic (exact) mass is 138 g/mol. The molecule has 3 heteroatoms. The molecule has 0 bridgehead atoms. The fourth-order valence-corrected chi connectivity index (χ4v) is 0.658. The largest absolute Gasteiger partial charge is 0.305 e. The minimum atomic E-state index is 0.699. The SMILES string of the molecule is CONCc1cccnc1. The third-order valence-corrected chi connectivity index (χ3v) is 1.14. The van der Waals surface area contributed by atoms with Crippen molar-refractivity contribution in [3.8, 4) is 0 Å². The fourth-order valence-electron chi connectivity index (χ4n) is 0.658. The summed E-state index contributed by atoms with van der Waals surface area (Å²) in [5, 5.41) is 0. The lowest BCUT2D eigenvalue weighted by Crippen LogP contribution is -2.10. The lowest BCUT2D eigenvalue weighted by molar-refractivity contribution is 0.0866. The van der Waals surface area contributed by atoms with Gasteiger partial charge in [0.1, 0.15) is 0 Å². The molecular weight excluding hydrogens is 128 g/mol. The average Bonchev–Trinajstić information content (AvgIpc) is 2.03. The van der Waals surface area contributed by atoms with E-state index in [9.17, 15) is 0 Å². The van der Waals surface area contributed by atoms with Crippen LogP contribution in [0.1, 0.15) is 5.56 Å². The van der Waals surface area contributed by atoms with Crippen molar-refractivity contribution in [1.82, 2.24) is 10.5 Å². The predicted molar refractivity (Wildman–Crippen MR) is 38.1 cm³/mol. The summed E-state index contributed by atoms with van der Waals surface area (Å²) in [6.45, 7) is 0.699. The number of nitrogens with one attached hydrogen (secondary N) is 1. The molecule has 0 spiro atoms. The molecular formula is C7H10N2O. The zero-order valence-corrected chi connectivity index (χ0v) is 5.87. The van der Waals surface area contributed by atoms with Crippen LogP contribution in [0, 0.1) is 0 Å². The molecule has 0 aromatic carbocycles. The number of rotatable bonds is 3. The zero-order valence-electron chi connectivity index (χ0n) is 5.87. The number of pyridine rings is 1. The summed E-state index contributed by atoms with van der Waals surface area (Å²) in [7, 11) is 1.59. The van der Waals surface area contributed by atoms with Gasteiger partial charge in [-0.2, -0.15) is 5.48 Å². The van der Waals surface area contributed by atoms with Crippen LogP contribution >= 0.6 is 0 Å². The Balaban J connectivity index is 2.43. The molecule has 0 aliphatic carbocycles. The highest BCUT2D eigenvalue weighted by Crippen LogP contribution is 1.92. The molecule has 0 aliphatic rings. The Morgan fingerprint density at radius 1 is 1.70 bits per heavy atom. The van der Waals surface area contributed by atoms with Gasteiger partial charge in [0, 0.05) is 18.9 Å². The zero-order chi connectivity index (χ0) is 7.23. The lowest BCUT2D eigenvalue weighted by atomic mass is 10.3. The highest BCUT2D eigenvalue weighted by Gasteiger charge is 1.87. The molecule has 0 unspecified atom stereocenters. The van der Waals surface area contributed by atoms with Crippen molar-refractivity contribution in [2.75, 3.05) is 7.11 Å². The normalized spacial score (nSPS) is 9.70. The molecule has 3 nitrogen and oxygen atoms in total. The molecule has 1 rings (SSSR count). The van der Waals surface area contributed by atoms with Crippen molar-refractivity contribution in [3.63, 3.8) is 0 Å². The first-order chi connectivity index (χ1) is 4.93. The number of hydrogen-bond acceptors (Lipinski definition) is 3. The Kier molecular flexibility index (Phi) is 2.86. The van der Waals surface area contributed by atoms with Gasteiger partial charge in [0.25, 0.3) is 0 Å². The molecule has 1 aromatic heterocycles. The Labute approximate surface area is 60.0 Å². The molecule has 0 saturated heterocycles. The standard InChI is InChI=1S/C7H10N2O/c1-10-9-6-7-3-2-4-8-5-7/h2-5,9H,6H2,1H3. The summed E-state index contributed by atoms with van der Waals surface area (Å²) >= 11 is 0. The van der Waals surface area contributed by atoms with E-state index in [2.05, 4.69) is 15.3 Å². The average molecular weight is 138 g/mol. The second-order valence-electron chi connectivity index (χ2n) is 1.89. The van der Waals surface area contributed by atoms with Gasteiger partial charge in [-0.15, -0.1) is 0 Å². The van der Waals surface area contributed by atoms with Crippen LogP contribution in [0.15, 0.2) is 24.5 Å². The van der Waals surface area contributed by atoms with E-state index in [1.165, 1.54) is 0 Å². The van der Waals surface area contributed by atoms with E-state index >= 15 is 0 Å². The first-order valence-electron chi connectivity index (χ1n) is 3.08. The molecule has 0 atom stereocenters. The van der Waals surface area contributed by atoms with Crippen molar-refractivity contribution in [2.45, 2.75) is 6.54 Å². The van der Waals surface area contributed by atoms with Gasteiger partial charge in [-0.25, -0.2) is 0 Å². The molecule has 0 saturated carbocycles. The highest BCUT2D eigenvalue weighted by atomic mass is 16.6. The predicted octanol–water partition coefficient (Wildman–Crippen LogP) is 0.733. The molecule has 0 radical (unpaired) electrons. The van der Waals surface area contributed by atoms with Gasteiger partial charge in [0.15, 0.2) is 0 Å². The quantitative estimate of drug-likeness (QED) is 0.625. The number of hydrogen-bond donors (Lipinski definition) is 1. The van der Waals surface area contributed by atoms with Crippen molar-refractivity contribution < 1.29 is 4.84 Å². The Hall–Kier alpha value is -0.930. The lowest BCUT2D eigenvalue weighted by Gasteiger charge is -1.99. The van der Waals surface area contributed by atoms with Gasteiger partial charge in [-0.1, -0.05) is 6.07 Å². The third kappa shape index (κ3) is 2.13. The molecule has 0 amide bonds. The Morgan fingerprint density at radius 2 is 2.60 bits per heavy atom. The van der Waals surface area contributed by atoms with E-state index in [0.29, 0.717) is 6.54 Å². The van der Waals surface area contributed by atoms with Crippen molar-refractivity contribution in [3.05, 3.63) is 30.1 Å². The molecule has 54 valence electrons. The van der Waals surface area contributed by atoms with Crippen LogP contribution < -0.4 is 5.48 Å². The summed E-state index contributed by atoms with van der Waals surface area (Å²) in [4.78, 5) is 8.61. The van der Waals surface area contributed by atoms with Crippen LogP contribution in [0.3, 0.4) is 0 Å². The molecule has 1 heterocycles. The van der Waals surface area contributed by atoms with Crippen LogP contribution in [0.25, 0.3) is 0 Å². The third-order valence-electron chi connectivity index (χ3n) is 1.14. The summed E-state index contributed by atoms with van der Waals surface area (Å²) in [6, 6.07) is 3.88. The minimum absolute atomic E-state index is 0.699. The van der Waals surface area contributed by atoms with Gasteiger partial charge in [0.05, 0.1) is 7.11 Å². The maximum atomic E-state index is 4.67. The molecule has 0 fully saturated rings. The van der Waals surface area contributed by atoms with Crippen LogP contribution in [-0.2, 0) is 11.4 Å². The van der Waals surface area contributed by atoms with Crippen LogP contribution in [0.2, 0.25) is 0 Å². The van der Waals surface area contributed by atoms with E-state index in [1.807, 2.05) is 12.1 Å². The van der Waals surface area contributed by atoms with Crippen molar-refractivity contribution >= 4 is 0 Å². The van der Waals surface area contributed by atoms with Gasteiger partial charge < -0.3 is 4.84 Å². The molecule has 10 heavy (non-hydrogen) atoms. The number of hydroxylamine groups is 1. The van der Waals surface area contributed by atoms with E-state index in [-0.39, 0.29) is 0 Å². The van der Waals surface area contributed by atoms with E-state index in [4.69, 9.17) is 0 Å². The second-order valence-corrected chi connectivity index (χ2v) is 1.89. The topological polar surface area (TPSA) is 34.1 Å². The Bertz CT molecular complexity index is 176. The number of aromatic nitrogens is 1. The van der Waals surface area contributed by atoms with E-state index < -0.39 is 0 Å². The van der Waals surface area contributed by atoms with Crippen LogP contribution in [0.5, 0.6) is 0 Å². The summed E-state index contributed by atoms with van der Waals surface area (Å²) in [5.41, 5.74) is 3.84. The van der Waals surface area contributed by atoms with Crippen molar-refractivity contribution in [1.29, 1.82) is 0 Å². The smallest absolute Gasteiger partial charge is 0.0572 e. The van der Waals surface area contributed by atoms with Gasteiger partial charge in [-0.3, -0.25) is 4.98 Å². The highest BCUT2D eigenvalue weighted by molar-refractivity contribution is 5.07. The first-order valence-corrected chi connectivity index (χ1v) is 3.08. The molecule has 0 aliphatic heterocycles. The summed E-state index contributed by atoms with van der Waals surface area (Å²) in [6.07, 6.45) is 3.54. The molecule has 1 N–H and O–H groups in total. The second kappa shape index (κ2) is 3.98. The summed E-state index contributed by atoms with van der Waals surface area (Å²) in [5.74, 6) is 0. The van der Waals surface area contributed by atoms with Gasteiger partial charge >= 0.3 is 0 Å². The molecule has 1 aromatic rings. The van der Waals surface area contributed by atoms with Crippen LogP contribution in [0.4, 0.5) is 0 Å². The maximum Gasteiger partial charge on any atom is 0.0572 e. The Morgan fingerprint density at radius 3 is 3.20 bits per heavy atom. The summed E-state index contributed by atoms with van der Waals surface area (Å²) < 4.78 is 0.